The van der Waals surface area contributed by atoms with Crippen molar-refractivity contribution in [3.05, 3.63) is 11.9 Å². The Labute approximate surface area is 102 Å². The molecule has 1 aromatic rings. The molecule has 2 N–H and O–H groups in total. The van der Waals surface area contributed by atoms with Crippen LogP contribution in [0.3, 0.4) is 0 Å². The number of nitrogens with two attached hydrogens (primary N) is 1. The average molecular weight is 239 g/mol. The van der Waals surface area contributed by atoms with Crippen molar-refractivity contribution in [2.75, 3.05) is 26.8 Å². The number of ether oxygens (including phenoxy) is 1. The fraction of sp³-hybridized carbons (Fsp3) is 0.818. The highest BCUT2D eigenvalue weighted by molar-refractivity contribution is 4.90. The van der Waals surface area contributed by atoms with E-state index in [0.29, 0.717) is 6.54 Å². The van der Waals surface area contributed by atoms with Crippen molar-refractivity contribution in [1.29, 1.82) is 0 Å². The molecule has 0 radical (unpaired) electrons. The predicted molar refractivity (Wildman–Crippen MR) is 64.4 cm³/mol. The van der Waals surface area contributed by atoms with Crippen molar-refractivity contribution in [1.82, 2.24) is 19.9 Å². The molecule has 1 saturated carbocycles. The Morgan fingerprint density at radius 2 is 2.35 bits per heavy atom. The van der Waals surface area contributed by atoms with E-state index in [4.69, 9.17) is 10.5 Å². The van der Waals surface area contributed by atoms with Gasteiger partial charge in [0.15, 0.2) is 0 Å². The van der Waals surface area contributed by atoms with Crippen LogP contribution < -0.4 is 5.73 Å². The molecule has 96 valence electrons. The second kappa shape index (κ2) is 6.09. The second-order valence-corrected chi connectivity index (χ2v) is 4.44. The van der Waals surface area contributed by atoms with Crippen LogP contribution in [0, 0.1) is 0 Å². The van der Waals surface area contributed by atoms with Gasteiger partial charge in [-0.2, -0.15) is 0 Å². The molecule has 0 aliphatic heterocycles. The number of aromatic nitrogens is 3. The van der Waals surface area contributed by atoms with Crippen molar-refractivity contribution in [2.24, 2.45) is 5.73 Å². The summed E-state index contributed by atoms with van der Waals surface area (Å²) in [7, 11) is 1.75. The first kappa shape index (κ1) is 12.5. The molecule has 17 heavy (non-hydrogen) atoms. The van der Waals surface area contributed by atoms with Crippen LogP contribution in [0.25, 0.3) is 0 Å². The highest BCUT2D eigenvalue weighted by atomic mass is 16.5. The second-order valence-electron chi connectivity index (χ2n) is 4.44. The topological polar surface area (TPSA) is 69.2 Å². The minimum atomic E-state index is 0.454. The summed E-state index contributed by atoms with van der Waals surface area (Å²) in [6.07, 6.45) is 4.55. The summed E-state index contributed by atoms with van der Waals surface area (Å²) in [4.78, 5) is 2.47. The molecule has 1 fully saturated rings. The zero-order valence-corrected chi connectivity index (χ0v) is 10.4. The van der Waals surface area contributed by atoms with Gasteiger partial charge in [-0.15, -0.1) is 5.10 Å². The quantitative estimate of drug-likeness (QED) is 0.683. The van der Waals surface area contributed by atoms with Crippen molar-refractivity contribution in [2.45, 2.75) is 32.0 Å². The Morgan fingerprint density at radius 3 is 2.94 bits per heavy atom. The van der Waals surface area contributed by atoms with Crippen molar-refractivity contribution in [3.8, 4) is 0 Å². The van der Waals surface area contributed by atoms with E-state index >= 15 is 0 Å². The molecule has 0 saturated heterocycles. The van der Waals surface area contributed by atoms with Crippen LogP contribution in [0.1, 0.15) is 18.5 Å². The van der Waals surface area contributed by atoms with Crippen LogP contribution in [0.2, 0.25) is 0 Å². The van der Waals surface area contributed by atoms with Gasteiger partial charge in [0.25, 0.3) is 0 Å². The summed E-state index contributed by atoms with van der Waals surface area (Å²) in [5.74, 6) is 0. The zero-order chi connectivity index (χ0) is 12.1. The SMILES string of the molecule is COCCN(CCn1cc(CN)nn1)C1CC1. The highest BCUT2D eigenvalue weighted by Crippen LogP contribution is 2.26. The summed E-state index contributed by atoms with van der Waals surface area (Å²) >= 11 is 0. The Hall–Kier alpha value is -0.980. The summed E-state index contributed by atoms with van der Waals surface area (Å²) in [6.45, 7) is 4.12. The molecule has 0 aromatic carbocycles. The number of nitrogens with zero attached hydrogens (tertiary/aromatic N) is 4. The molecule has 0 spiro atoms. The summed E-state index contributed by atoms with van der Waals surface area (Å²) in [5, 5.41) is 8.03. The van der Waals surface area contributed by atoms with Crippen LogP contribution in [0.4, 0.5) is 0 Å². The Balaban J connectivity index is 1.77. The lowest BCUT2D eigenvalue weighted by molar-refractivity contribution is 0.140. The molecule has 0 amide bonds. The van der Waals surface area contributed by atoms with E-state index in [0.717, 1.165) is 38.0 Å². The van der Waals surface area contributed by atoms with Crippen molar-refractivity contribution < 1.29 is 4.74 Å². The van der Waals surface area contributed by atoms with E-state index < -0.39 is 0 Å². The van der Waals surface area contributed by atoms with Crippen LogP contribution in [0.15, 0.2) is 6.20 Å². The lowest BCUT2D eigenvalue weighted by atomic mass is 10.4. The standard InChI is InChI=1S/C11H21N5O/c1-17-7-6-15(11-2-3-11)4-5-16-9-10(8-12)13-14-16/h9,11H,2-8,12H2,1H3. The fourth-order valence-corrected chi connectivity index (χ4v) is 1.90. The maximum Gasteiger partial charge on any atom is 0.0962 e. The summed E-state index contributed by atoms with van der Waals surface area (Å²) in [5.41, 5.74) is 6.35. The average Bonchev–Trinajstić information content (AvgIpc) is 3.08. The molecule has 1 aromatic heterocycles. The molecular formula is C11H21N5O. The third-order valence-corrected chi connectivity index (χ3v) is 3.06. The molecule has 1 aliphatic rings. The van der Waals surface area contributed by atoms with Crippen LogP contribution >= 0.6 is 0 Å². The zero-order valence-electron chi connectivity index (χ0n) is 10.4. The first-order valence-electron chi connectivity index (χ1n) is 6.15. The molecule has 0 bridgehead atoms. The molecule has 0 atom stereocenters. The van der Waals surface area contributed by atoms with Crippen molar-refractivity contribution in [3.63, 3.8) is 0 Å². The van der Waals surface area contributed by atoms with Gasteiger partial charge in [-0.3, -0.25) is 9.58 Å². The molecule has 6 heteroatoms. The van der Waals surface area contributed by atoms with Gasteiger partial charge in [-0.05, 0) is 12.8 Å². The van der Waals surface area contributed by atoms with Crippen LogP contribution in [-0.4, -0.2) is 52.7 Å². The highest BCUT2D eigenvalue weighted by Gasteiger charge is 2.28. The molecule has 1 heterocycles. The maximum absolute atomic E-state index is 5.50. The van der Waals surface area contributed by atoms with Gasteiger partial charge in [0.05, 0.1) is 18.8 Å². The van der Waals surface area contributed by atoms with E-state index in [1.807, 2.05) is 10.9 Å². The maximum atomic E-state index is 5.50. The fourth-order valence-electron chi connectivity index (χ4n) is 1.90. The number of methoxy groups -OCH3 is 1. The number of rotatable bonds is 8. The molecular weight excluding hydrogens is 218 g/mol. The smallest absolute Gasteiger partial charge is 0.0962 e. The first-order valence-corrected chi connectivity index (χ1v) is 6.15. The van der Waals surface area contributed by atoms with Gasteiger partial charge in [-0.1, -0.05) is 5.21 Å². The largest absolute Gasteiger partial charge is 0.383 e. The minimum Gasteiger partial charge on any atom is -0.383 e. The number of hydrogen-bond acceptors (Lipinski definition) is 5. The van der Waals surface area contributed by atoms with E-state index in [2.05, 4.69) is 15.2 Å². The Morgan fingerprint density at radius 1 is 1.53 bits per heavy atom. The lowest BCUT2D eigenvalue weighted by Crippen LogP contribution is -2.32. The summed E-state index contributed by atoms with van der Waals surface area (Å²) < 4.78 is 7.00. The van der Waals surface area contributed by atoms with Gasteiger partial charge < -0.3 is 10.5 Å². The molecule has 2 rings (SSSR count). The van der Waals surface area contributed by atoms with E-state index in [9.17, 15) is 0 Å². The minimum absolute atomic E-state index is 0.454. The Kier molecular flexibility index (Phi) is 4.47. The Bertz CT molecular complexity index is 336. The van der Waals surface area contributed by atoms with Crippen LogP contribution in [0.5, 0.6) is 0 Å². The van der Waals surface area contributed by atoms with E-state index in [-0.39, 0.29) is 0 Å². The summed E-state index contributed by atoms with van der Waals surface area (Å²) in [6, 6.07) is 0.752. The van der Waals surface area contributed by atoms with Gasteiger partial charge in [0, 0.05) is 39.0 Å². The van der Waals surface area contributed by atoms with Crippen LogP contribution in [-0.2, 0) is 17.8 Å². The first-order chi connectivity index (χ1) is 8.33. The normalized spacial score (nSPS) is 15.7. The van der Waals surface area contributed by atoms with Gasteiger partial charge in [-0.25, -0.2) is 0 Å². The van der Waals surface area contributed by atoms with Gasteiger partial charge in [0.2, 0.25) is 0 Å². The van der Waals surface area contributed by atoms with E-state index in [1.54, 1.807) is 7.11 Å². The number of hydrogen-bond donors (Lipinski definition) is 1. The lowest BCUT2D eigenvalue weighted by Gasteiger charge is -2.21. The van der Waals surface area contributed by atoms with Gasteiger partial charge >= 0.3 is 0 Å². The predicted octanol–water partition coefficient (Wildman–Crippen LogP) is -0.152. The molecule has 1 aliphatic carbocycles. The molecule has 6 nitrogen and oxygen atoms in total. The third kappa shape index (κ3) is 3.76. The van der Waals surface area contributed by atoms with Gasteiger partial charge in [0.1, 0.15) is 0 Å². The van der Waals surface area contributed by atoms with Crippen molar-refractivity contribution >= 4 is 0 Å². The monoisotopic (exact) mass is 239 g/mol. The third-order valence-electron chi connectivity index (χ3n) is 3.06. The molecule has 0 unspecified atom stereocenters. The van der Waals surface area contributed by atoms with E-state index in [1.165, 1.54) is 12.8 Å².